The Bertz CT molecular complexity index is 474. The third kappa shape index (κ3) is 2.31. The lowest BCUT2D eigenvalue weighted by Gasteiger charge is -2.48. The van der Waals surface area contributed by atoms with Gasteiger partial charge < -0.3 is 9.84 Å². The molecule has 1 heterocycles. The molecule has 1 aromatic rings. The number of halogens is 1. The highest BCUT2D eigenvalue weighted by atomic mass is 79.9. The summed E-state index contributed by atoms with van der Waals surface area (Å²) < 4.78 is 7.41. The lowest BCUT2D eigenvalue weighted by Crippen LogP contribution is -2.49. The van der Waals surface area contributed by atoms with Crippen molar-refractivity contribution in [1.29, 1.82) is 0 Å². The van der Waals surface area contributed by atoms with Gasteiger partial charge in [0.05, 0.1) is 6.10 Å². The Balaban J connectivity index is 1.97. The average molecular weight is 325 g/mol. The lowest BCUT2D eigenvalue weighted by atomic mass is 9.69. The Morgan fingerprint density at radius 3 is 3.05 bits per heavy atom. The van der Waals surface area contributed by atoms with E-state index in [1.54, 1.807) is 0 Å². The van der Waals surface area contributed by atoms with Crippen LogP contribution in [0.15, 0.2) is 22.7 Å². The molecule has 0 bridgehead atoms. The van der Waals surface area contributed by atoms with Crippen molar-refractivity contribution in [2.24, 2.45) is 5.92 Å². The monoisotopic (exact) mass is 324 g/mol. The van der Waals surface area contributed by atoms with E-state index >= 15 is 0 Å². The molecule has 2 nitrogen and oxygen atoms in total. The molecule has 1 aliphatic heterocycles. The molecule has 0 radical (unpaired) electrons. The van der Waals surface area contributed by atoms with Gasteiger partial charge in [0.1, 0.15) is 11.4 Å². The van der Waals surface area contributed by atoms with Crippen molar-refractivity contribution >= 4 is 15.9 Å². The van der Waals surface area contributed by atoms with Crippen molar-refractivity contribution in [3.63, 3.8) is 0 Å². The van der Waals surface area contributed by atoms with Gasteiger partial charge in [-0.1, -0.05) is 29.3 Å². The maximum absolute atomic E-state index is 10.5. The van der Waals surface area contributed by atoms with E-state index in [-0.39, 0.29) is 5.60 Å². The van der Waals surface area contributed by atoms with E-state index in [1.807, 2.05) is 18.2 Å². The number of aliphatic hydroxyl groups is 1. The molecule has 1 saturated carbocycles. The second-order valence-electron chi connectivity index (χ2n) is 5.92. The Labute approximate surface area is 123 Å². The van der Waals surface area contributed by atoms with Crippen LogP contribution in [-0.4, -0.2) is 10.7 Å². The van der Waals surface area contributed by atoms with Crippen LogP contribution in [0.2, 0.25) is 0 Å². The van der Waals surface area contributed by atoms with Gasteiger partial charge in [0.15, 0.2) is 0 Å². The van der Waals surface area contributed by atoms with E-state index in [2.05, 4.69) is 22.9 Å². The zero-order valence-corrected chi connectivity index (χ0v) is 12.9. The first-order valence-electron chi connectivity index (χ1n) is 7.31. The molecule has 104 valence electrons. The van der Waals surface area contributed by atoms with Gasteiger partial charge in [-0.25, -0.2) is 0 Å². The Hall–Kier alpha value is -0.540. The molecule has 3 rings (SSSR count). The van der Waals surface area contributed by atoms with Crippen LogP contribution in [-0.2, 0) is 0 Å². The fourth-order valence-electron chi connectivity index (χ4n) is 3.83. The molecule has 19 heavy (non-hydrogen) atoms. The SMILES string of the molecule is CCC1CCCCC12CC(O)c1cc(Br)ccc1O2. The van der Waals surface area contributed by atoms with Crippen LogP contribution in [0, 0.1) is 5.92 Å². The highest BCUT2D eigenvalue weighted by molar-refractivity contribution is 9.10. The second-order valence-corrected chi connectivity index (χ2v) is 6.84. The largest absolute Gasteiger partial charge is 0.486 e. The number of ether oxygens (including phenoxy) is 1. The van der Waals surface area contributed by atoms with Gasteiger partial charge in [-0.15, -0.1) is 0 Å². The predicted octanol–water partition coefficient (Wildman–Crippen LogP) is 4.60. The smallest absolute Gasteiger partial charge is 0.126 e. The number of hydrogen-bond acceptors (Lipinski definition) is 2. The highest BCUT2D eigenvalue weighted by Crippen LogP contribution is 2.49. The van der Waals surface area contributed by atoms with Gasteiger partial charge in [0, 0.05) is 16.5 Å². The van der Waals surface area contributed by atoms with Crippen LogP contribution in [0.25, 0.3) is 0 Å². The molecule has 0 saturated heterocycles. The lowest BCUT2D eigenvalue weighted by molar-refractivity contribution is -0.0782. The Morgan fingerprint density at radius 1 is 1.42 bits per heavy atom. The first kappa shape index (κ1) is 13.4. The van der Waals surface area contributed by atoms with Crippen molar-refractivity contribution < 1.29 is 9.84 Å². The summed E-state index contributed by atoms with van der Waals surface area (Å²) in [5.41, 5.74) is 0.799. The molecule has 3 heteroatoms. The van der Waals surface area contributed by atoms with Crippen molar-refractivity contribution in [3.05, 3.63) is 28.2 Å². The van der Waals surface area contributed by atoms with Crippen LogP contribution in [0.5, 0.6) is 5.75 Å². The van der Waals surface area contributed by atoms with Gasteiger partial charge in [-0.05, 0) is 49.8 Å². The minimum absolute atomic E-state index is 0.132. The molecule has 2 aliphatic rings. The number of rotatable bonds is 1. The summed E-state index contributed by atoms with van der Waals surface area (Å²) in [6, 6.07) is 5.97. The van der Waals surface area contributed by atoms with Gasteiger partial charge in [-0.2, -0.15) is 0 Å². The van der Waals surface area contributed by atoms with Crippen LogP contribution in [0.3, 0.4) is 0 Å². The number of aliphatic hydroxyl groups excluding tert-OH is 1. The molecule has 1 aliphatic carbocycles. The van der Waals surface area contributed by atoms with Gasteiger partial charge in [-0.3, -0.25) is 0 Å². The molecular formula is C16H21BrO2. The summed E-state index contributed by atoms with van der Waals surface area (Å²) in [5.74, 6) is 1.45. The molecule has 3 atom stereocenters. The third-order valence-electron chi connectivity index (χ3n) is 4.82. The van der Waals surface area contributed by atoms with Gasteiger partial charge in [0.25, 0.3) is 0 Å². The van der Waals surface area contributed by atoms with Crippen molar-refractivity contribution in [2.45, 2.75) is 57.2 Å². The van der Waals surface area contributed by atoms with Crippen LogP contribution in [0.1, 0.15) is 57.1 Å². The summed E-state index contributed by atoms with van der Waals surface area (Å²) in [5, 5.41) is 10.5. The molecule has 3 unspecified atom stereocenters. The van der Waals surface area contributed by atoms with E-state index in [4.69, 9.17) is 4.74 Å². The minimum atomic E-state index is -0.395. The van der Waals surface area contributed by atoms with E-state index in [0.29, 0.717) is 5.92 Å². The standard InChI is InChI=1S/C16H21BrO2/c1-2-11-5-3-4-8-16(11)10-14(18)13-9-12(17)6-7-15(13)19-16/h6-7,9,11,14,18H,2-5,8,10H2,1H3. The van der Waals surface area contributed by atoms with E-state index in [1.165, 1.54) is 19.3 Å². The van der Waals surface area contributed by atoms with Crippen molar-refractivity contribution in [2.75, 3.05) is 0 Å². The van der Waals surface area contributed by atoms with Crippen molar-refractivity contribution in [3.8, 4) is 5.75 Å². The maximum Gasteiger partial charge on any atom is 0.126 e. The van der Waals surface area contributed by atoms with Gasteiger partial charge >= 0.3 is 0 Å². The quantitative estimate of drug-likeness (QED) is 0.817. The highest BCUT2D eigenvalue weighted by Gasteiger charge is 2.46. The predicted molar refractivity (Wildman–Crippen MR) is 79.3 cm³/mol. The van der Waals surface area contributed by atoms with Crippen LogP contribution >= 0.6 is 15.9 Å². The zero-order valence-electron chi connectivity index (χ0n) is 11.4. The van der Waals surface area contributed by atoms with Gasteiger partial charge in [0.2, 0.25) is 0 Å². The Kier molecular flexibility index (Phi) is 3.61. The summed E-state index contributed by atoms with van der Waals surface area (Å²) in [4.78, 5) is 0. The molecule has 1 spiro atoms. The van der Waals surface area contributed by atoms with E-state index in [0.717, 1.165) is 35.0 Å². The average Bonchev–Trinajstić information content (AvgIpc) is 2.40. The Morgan fingerprint density at radius 2 is 2.26 bits per heavy atom. The summed E-state index contributed by atoms with van der Waals surface area (Å²) >= 11 is 3.46. The van der Waals surface area contributed by atoms with Crippen molar-refractivity contribution in [1.82, 2.24) is 0 Å². The topological polar surface area (TPSA) is 29.5 Å². The zero-order chi connectivity index (χ0) is 13.5. The fourth-order valence-corrected chi connectivity index (χ4v) is 4.21. The molecular weight excluding hydrogens is 304 g/mol. The molecule has 1 N–H and O–H groups in total. The molecule has 0 amide bonds. The number of hydrogen-bond donors (Lipinski definition) is 1. The first-order chi connectivity index (χ1) is 9.14. The van der Waals surface area contributed by atoms with Crippen LogP contribution < -0.4 is 4.74 Å². The summed E-state index contributed by atoms with van der Waals surface area (Å²) in [6.07, 6.45) is 6.32. The van der Waals surface area contributed by atoms with E-state index in [9.17, 15) is 5.11 Å². The second kappa shape index (κ2) is 5.10. The summed E-state index contributed by atoms with van der Waals surface area (Å²) in [7, 11) is 0. The normalized spacial score (nSPS) is 33.8. The third-order valence-corrected chi connectivity index (χ3v) is 5.32. The van der Waals surface area contributed by atoms with E-state index < -0.39 is 6.10 Å². The first-order valence-corrected chi connectivity index (χ1v) is 8.10. The maximum atomic E-state index is 10.5. The summed E-state index contributed by atoms with van der Waals surface area (Å²) in [6.45, 7) is 2.24. The number of fused-ring (bicyclic) bond motifs is 1. The minimum Gasteiger partial charge on any atom is -0.486 e. The molecule has 0 aromatic heterocycles. The number of benzene rings is 1. The van der Waals surface area contributed by atoms with Crippen LogP contribution in [0.4, 0.5) is 0 Å². The fraction of sp³-hybridized carbons (Fsp3) is 0.625. The molecule has 1 aromatic carbocycles. The molecule has 1 fully saturated rings.